The Kier molecular flexibility index (Phi) is 5.94. The molecule has 6 nitrogen and oxygen atoms in total. The van der Waals surface area contributed by atoms with Crippen molar-refractivity contribution in [2.75, 3.05) is 25.5 Å². The number of rotatable bonds is 7. The van der Waals surface area contributed by atoms with E-state index in [-0.39, 0.29) is 19.1 Å². The molecule has 0 unspecified atom stereocenters. The second-order valence-corrected chi connectivity index (χ2v) is 5.07. The molecule has 0 atom stereocenters. The average molecular weight is 316 g/mol. The number of ether oxygens (including phenoxy) is 1. The molecule has 0 bridgehead atoms. The van der Waals surface area contributed by atoms with Gasteiger partial charge in [-0.3, -0.25) is 9.69 Å². The van der Waals surface area contributed by atoms with Crippen LogP contribution in [0.2, 0.25) is 0 Å². The Morgan fingerprint density at radius 2 is 2.00 bits per heavy atom. The van der Waals surface area contributed by atoms with Crippen molar-refractivity contribution in [2.45, 2.75) is 13.5 Å². The van der Waals surface area contributed by atoms with Gasteiger partial charge in [-0.05, 0) is 38.2 Å². The molecule has 0 aliphatic carbocycles. The zero-order chi connectivity index (χ0) is 16.7. The van der Waals surface area contributed by atoms with Gasteiger partial charge in [0.2, 0.25) is 5.91 Å². The highest BCUT2D eigenvalue weighted by molar-refractivity contribution is 6.01. The Balaban J connectivity index is 1.96. The molecular weight excluding hydrogens is 296 g/mol. The van der Waals surface area contributed by atoms with Gasteiger partial charge in [0.1, 0.15) is 5.76 Å². The Morgan fingerprint density at radius 3 is 2.70 bits per heavy atom. The van der Waals surface area contributed by atoms with Gasteiger partial charge in [0, 0.05) is 0 Å². The van der Waals surface area contributed by atoms with Crippen LogP contribution in [0, 0.1) is 0 Å². The second kappa shape index (κ2) is 8.14. The zero-order valence-corrected chi connectivity index (χ0v) is 13.2. The van der Waals surface area contributed by atoms with Crippen molar-refractivity contribution in [3.05, 3.63) is 54.0 Å². The minimum atomic E-state index is -0.452. The molecule has 1 aromatic heterocycles. The number of hydrogen-bond acceptors (Lipinski definition) is 5. The highest BCUT2D eigenvalue weighted by Gasteiger charge is 2.15. The smallest absolute Gasteiger partial charge is 0.340 e. The number of amides is 1. The van der Waals surface area contributed by atoms with E-state index in [4.69, 9.17) is 9.15 Å². The number of para-hydroxylation sites is 1. The van der Waals surface area contributed by atoms with Gasteiger partial charge in [0.05, 0.1) is 37.2 Å². The lowest BCUT2D eigenvalue weighted by Gasteiger charge is -2.16. The molecule has 2 aromatic rings. The normalized spacial score (nSPS) is 10.6. The van der Waals surface area contributed by atoms with Gasteiger partial charge in [0.25, 0.3) is 0 Å². The van der Waals surface area contributed by atoms with Crippen molar-refractivity contribution in [3.63, 3.8) is 0 Å². The molecule has 0 radical (unpaired) electrons. The first-order valence-electron chi connectivity index (χ1n) is 7.37. The van der Waals surface area contributed by atoms with E-state index in [0.717, 1.165) is 5.76 Å². The Hall–Kier alpha value is -2.60. The number of esters is 1. The Morgan fingerprint density at radius 1 is 1.22 bits per heavy atom. The summed E-state index contributed by atoms with van der Waals surface area (Å²) in [6, 6.07) is 10.4. The molecule has 1 amide bonds. The topological polar surface area (TPSA) is 71.8 Å². The number of benzene rings is 1. The first-order chi connectivity index (χ1) is 11.1. The summed E-state index contributed by atoms with van der Waals surface area (Å²) in [5.74, 6) is 0.121. The van der Waals surface area contributed by atoms with Crippen molar-refractivity contribution in [1.29, 1.82) is 0 Å². The summed E-state index contributed by atoms with van der Waals surface area (Å²) >= 11 is 0. The molecule has 0 saturated carbocycles. The fourth-order valence-corrected chi connectivity index (χ4v) is 2.14. The molecule has 0 saturated heterocycles. The first-order valence-corrected chi connectivity index (χ1v) is 7.37. The molecule has 0 spiro atoms. The summed E-state index contributed by atoms with van der Waals surface area (Å²) in [5, 5.41) is 2.75. The van der Waals surface area contributed by atoms with Gasteiger partial charge in [-0.1, -0.05) is 12.1 Å². The average Bonchev–Trinajstić information content (AvgIpc) is 3.00. The van der Waals surface area contributed by atoms with Gasteiger partial charge in [-0.15, -0.1) is 0 Å². The predicted octanol–water partition coefficient (Wildman–Crippen LogP) is 2.53. The molecule has 0 fully saturated rings. The number of anilines is 1. The van der Waals surface area contributed by atoms with E-state index in [9.17, 15) is 9.59 Å². The van der Waals surface area contributed by atoms with Crippen LogP contribution in [0.3, 0.4) is 0 Å². The van der Waals surface area contributed by atoms with Crippen molar-refractivity contribution in [3.8, 4) is 0 Å². The van der Waals surface area contributed by atoms with E-state index in [1.165, 1.54) is 0 Å². The minimum Gasteiger partial charge on any atom is -0.468 e. The van der Waals surface area contributed by atoms with E-state index >= 15 is 0 Å². The molecule has 23 heavy (non-hydrogen) atoms. The van der Waals surface area contributed by atoms with E-state index in [1.54, 1.807) is 43.5 Å². The van der Waals surface area contributed by atoms with Crippen LogP contribution in [-0.2, 0) is 16.1 Å². The third-order valence-corrected chi connectivity index (χ3v) is 3.12. The zero-order valence-electron chi connectivity index (χ0n) is 13.2. The van der Waals surface area contributed by atoms with Crippen LogP contribution in [0.1, 0.15) is 23.0 Å². The lowest BCUT2D eigenvalue weighted by molar-refractivity contribution is -0.117. The number of nitrogens with zero attached hydrogens (tertiary/aromatic N) is 1. The van der Waals surface area contributed by atoms with Crippen LogP contribution in [0.15, 0.2) is 47.1 Å². The second-order valence-electron chi connectivity index (χ2n) is 5.07. The first kappa shape index (κ1) is 16.8. The van der Waals surface area contributed by atoms with E-state index < -0.39 is 5.97 Å². The van der Waals surface area contributed by atoms with Crippen LogP contribution in [0.4, 0.5) is 5.69 Å². The number of nitrogens with one attached hydrogen (secondary N) is 1. The largest absolute Gasteiger partial charge is 0.468 e. The summed E-state index contributed by atoms with van der Waals surface area (Å²) in [6.45, 7) is 2.73. The monoisotopic (exact) mass is 316 g/mol. The fourth-order valence-electron chi connectivity index (χ4n) is 2.14. The summed E-state index contributed by atoms with van der Waals surface area (Å²) in [6.07, 6.45) is 1.60. The van der Waals surface area contributed by atoms with Crippen molar-refractivity contribution >= 4 is 17.6 Å². The van der Waals surface area contributed by atoms with Gasteiger partial charge in [-0.2, -0.15) is 0 Å². The van der Waals surface area contributed by atoms with Crippen molar-refractivity contribution in [1.82, 2.24) is 4.90 Å². The van der Waals surface area contributed by atoms with Crippen molar-refractivity contribution in [2.24, 2.45) is 0 Å². The maximum absolute atomic E-state index is 12.1. The minimum absolute atomic E-state index is 0.178. The number of carbonyl (C=O) groups excluding carboxylic acids is 2. The van der Waals surface area contributed by atoms with Crippen LogP contribution >= 0.6 is 0 Å². The summed E-state index contributed by atoms with van der Waals surface area (Å²) in [4.78, 5) is 25.9. The molecule has 2 rings (SSSR count). The van der Waals surface area contributed by atoms with Crippen LogP contribution < -0.4 is 5.32 Å². The molecule has 1 N–H and O–H groups in total. The summed E-state index contributed by atoms with van der Waals surface area (Å²) in [7, 11) is 1.82. The van der Waals surface area contributed by atoms with E-state index in [2.05, 4.69) is 5.32 Å². The van der Waals surface area contributed by atoms with Crippen LogP contribution in [-0.4, -0.2) is 37.0 Å². The van der Waals surface area contributed by atoms with Gasteiger partial charge < -0.3 is 14.5 Å². The maximum Gasteiger partial charge on any atom is 0.340 e. The molecule has 1 heterocycles. The lowest BCUT2D eigenvalue weighted by Crippen LogP contribution is -2.30. The Labute approximate surface area is 135 Å². The highest BCUT2D eigenvalue weighted by atomic mass is 16.5. The van der Waals surface area contributed by atoms with Gasteiger partial charge in [-0.25, -0.2) is 4.79 Å². The molecule has 1 aromatic carbocycles. The van der Waals surface area contributed by atoms with Gasteiger partial charge >= 0.3 is 5.97 Å². The Bertz CT molecular complexity index is 652. The number of carbonyl (C=O) groups is 2. The number of hydrogen-bond donors (Lipinski definition) is 1. The summed E-state index contributed by atoms with van der Waals surface area (Å²) in [5.41, 5.74) is 0.790. The fraction of sp³-hybridized carbons (Fsp3) is 0.294. The lowest BCUT2D eigenvalue weighted by atomic mass is 10.2. The van der Waals surface area contributed by atoms with Gasteiger partial charge in [0.15, 0.2) is 0 Å². The predicted molar refractivity (Wildman–Crippen MR) is 86.1 cm³/mol. The third-order valence-electron chi connectivity index (χ3n) is 3.12. The van der Waals surface area contributed by atoms with E-state index in [0.29, 0.717) is 17.8 Å². The van der Waals surface area contributed by atoms with E-state index in [1.807, 2.05) is 18.0 Å². The molecule has 122 valence electrons. The quantitative estimate of drug-likeness (QED) is 0.795. The van der Waals surface area contributed by atoms with Crippen LogP contribution in [0.5, 0.6) is 0 Å². The molecule has 0 aliphatic heterocycles. The third kappa shape index (κ3) is 4.96. The number of furan rings is 1. The standard InChI is InChI=1S/C17H20N2O4/c1-3-22-17(21)14-8-4-5-9-15(14)18-16(20)12-19(2)11-13-7-6-10-23-13/h4-10H,3,11-12H2,1-2H3,(H,18,20). The highest BCUT2D eigenvalue weighted by Crippen LogP contribution is 2.16. The van der Waals surface area contributed by atoms with Crippen molar-refractivity contribution < 1.29 is 18.7 Å². The maximum atomic E-state index is 12.1. The van der Waals surface area contributed by atoms with Crippen LogP contribution in [0.25, 0.3) is 0 Å². The molecule has 0 aliphatic rings. The number of likely N-dealkylation sites (N-methyl/N-ethyl adjacent to an activating group) is 1. The SMILES string of the molecule is CCOC(=O)c1ccccc1NC(=O)CN(C)Cc1ccco1. The molecule has 6 heteroatoms. The molecular formula is C17H20N2O4. The summed E-state index contributed by atoms with van der Waals surface area (Å²) < 4.78 is 10.2.